The maximum atomic E-state index is 12.6. The molecule has 1 aliphatic heterocycles. The van der Waals surface area contributed by atoms with Crippen LogP contribution in [0.3, 0.4) is 0 Å². The second-order valence-corrected chi connectivity index (χ2v) is 7.05. The predicted octanol–water partition coefficient (Wildman–Crippen LogP) is 3.28. The molecule has 0 fully saturated rings. The molecule has 2 aromatic carbocycles. The number of nitrogens with one attached hydrogen (secondary N) is 2. The van der Waals surface area contributed by atoms with Gasteiger partial charge in [0, 0.05) is 22.9 Å². The van der Waals surface area contributed by atoms with E-state index in [0.717, 1.165) is 10.6 Å². The Balaban J connectivity index is 1.47. The van der Waals surface area contributed by atoms with Crippen LogP contribution in [0.1, 0.15) is 33.2 Å². The van der Waals surface area contributed by atoms with Crippen LogP contribution in [0.25, 0.3) is 0 Å². The number of ether oxygens (including phenoxy) is 2. The third kappa shape index (κ3) is 3.84. The largest absolute Gasteiger partial charge is 0.454 e. The van der Waals surface area contributed by atoms with Gasteiger partial charge in [-0.1, -0.05) is 23.9 Å². The number of aromatic nitrogens is 3. The fourth-order valence-electron chi connectivity index (χ4n) is 2.70. The van der Waals surface area contributed by atoms with Gasteiger partial charge in [-0.15, -0.1) is 5.10 Å². The lowest BCUT2D eigenvalue weighted by molar-refractivity contribution is 0.101. The van der Waals surface area contributed by atoms with Gasteiger partial charge in [-0.05, 0) is 30.7 Å². The van der Waals surface area contributed by atoms with Gasteiger partial charge in [0.15, 0.2) is 17.3 Å². The van der Waals surface area contributed by atoms with Crippen molar-refractivity contribution in [2.24, 2.45) is 0 Å². The number of carbonyl (C=O) groups excluding carboxylic acids is 2. The summed E-state index contributed by atoms with van der Waals surface area (Å²) >= 11 is 1.54. The molecule has 0 spiro atoms. The van der Waals surface area contributed by atoms with Crippen LogP contribution in [-0.4, -0.2) is 33.9 Å². The number of fused-ring (bicyclic) bond motifs is 1. The number of amides is 1. The molecular formula is C19H16N4O4S. The topological polar surface area (TPSA) is 106 Å². The van der Waals surface area contributed by atoms with E-state index in [9.17, 15) is 9.59 Å². The molecule has 0 bridgehead atoms. The van der Waals surface area contributed by atoms with Crippen LogP contribution in [-0.2, 0) is 5.75 Å². The van der Waals surface area contributed by atoms with Gasteiger partial charge in [0.2, 0.25) is 6.79 Å². The first kappa shape index (κ1) is 18.1. The number of thioether (sulfide) groups is 1. The lowest BCUT2D eigenvalue weighted by atomic mass is 10.1. The third-order valence-electron chi connectivity index (χ3n) is 4.14. The predicted molar refractivity (Wildman–Crippen MR) is 103 cm³/mol. The highest BCUT2D eigenvalue weighted by molar-refractivity contribution is 7.98. The minimum absolute atomic E-state index is 0.0951. The molecule has 28 heavy (non-hydrogen) atoms. The monoisotopic (exact) mass is 396 g/mol. The van der Waals surface area contributed by atoms with Gasteiger partial charge in [-0.2, -0.15) is 10.3 Å². The smallest absolute Gasteiger partial charge is 0.255 e. The van der Waals surface area contributed by atoms with E-state index in [4.69, 9.17) is 9.47 Å². The quantitative estimate of drug-likeness (QED) is 0.486. The van der Waals surface area contributed by atoms with E-state index >= 15 is 0 Å². The number of Topliss-reactive ketones (excluding diaryl/α,β-unsaturated/α-hetero) is 1. The molecule has 0 saturated heterocycles. The summed E-state index contributed by atoms with van der Waals surface area (Å²) in [4.78, 5) is 24.6. The molecule has 3 aromatic rings. The Bertz CT molecular complexity index is 1020. The van der Waals surface area contributed by atoms with E-state index in [-0.39, 0.29) is 18.5 Å². The van der Waals surface area contributed by atoms with Gasteiger partial charge < -0.3 is 14.8 Å². The lowest BCUT2D eigenvalue weighted by Gasteiger charge is -2.11. The van der Waals surface area contributed by atoms with Crippen molar-refractivity contribution in [1.29, 1.82) is 0 Å². The van der Waals surface area contributed by atoms with Gasteiger partial charge in [0.1, 0.15) is 5.03 Å². The molecule has 4 rings (SSSR count). The molecule has 2 N–H and O–H groups in total. The van der Waals surface area contributed by atoms with Crippen LogP contribution in [0.2, 0.25) is 0 Å². The zero-order valence-corrected chi connectivity index (χ0v) is 15.7. The number of hydrogen-bond acceptors (Lipinski definition) is 7. The van der Waals surface area contributed by atoms with Crippen LogP contribution in [0.4, 0.5) is 5.69 Å². The molecule has 8 nitrogen and oxygen atoms in total. The highest BCUT2D eigenvalue weighted by Crippen LogP contribution is 2.37. The highest BCUT2D eigenvalue weighted by atomic mass is 32.2. The first-order valence-electron chi connectivity index (χ1n) is 8.43. The Hall–Kier alpha value is -3.33. The number of benzene rings is 2. The molecule has 9 heteroatoms. The van der Waals surface area contributed by atoms with E-state index in [0.29, 0.717) is 34.1 Å². The SMILES string of the molecule is CC(=O)c1cc2c(cc1NC(=O)c1ccc(CSc3cn[nH]n3)cc1)OCO2. The van der Waals surface area contributed by atoms with Gasteiger partial charge in [-0.3, -0.25) is 9.59 Å². The van der Waals surface area contributed by atoms with Gasteiger partial charge in [-0.25, -0.2) is 0 Å². The van der Waals surface area contributed by atoms with Crippen LogP contribution < -0.4 is 14.8 Å². The zero-order valence-electron chi connectivity index (χ0n) is 14.9. The fourth-order valence-corrected chi connectivity index (χ4v) is 3.44. The van der Waals surface area contributed by atoms with Crippen molar-refractivity contribution in [2.45, 2.75) is 17.7 Å². The van der Waals surface area contributed by atoms with Crippen molar-refractivity contribution in [1.82, 2.24) is 15.4 Å². The van der Waals surface area contributed by atoms with Crippen LogP contribution in [0, 0.1) is 0 Å². The average molecular weight is 396 g/mol. The first-order valence-corrected chi connectivity index (χ1v) is 9.42. The number of hydrogen-bond donors (Lipinski definition) is 2. The van der Waals surface area contributed by atoms with Gasteiger partial charge in [0.25, 0.3) is 5.91 Å². The standard InChI is InChI=1S/C19H16N4O4S/c1-11(24)14-6-16-17(27-10-26-16)7-15(14)21-19(25)13-4-2-12(3-5-13)9-28-18-8-20-23-22-18/h2-8H,9-10H2,1H3,(H,21,25)(H,20,22,23). The second kappa shape index (κ2) is 7.73. The molecule has 1 aromatic heterocycles. The molecule has 0 unspecified atom stereocenters. The summed E-state index contributed by atoms with van der Waals surface area (Å²) in [6.45, 7) is 1.53. The number of carbonyl (C=O) groups is 2. The van der Waals surface area contributed by atoms with Crippen LogP contribution in [0.5, 0.6) is 11.5 Å². The summed E-state index contributed by atoms with van der Waals surface area (Å²) in [6, 6.07) is 10.5. The molecule has 142 valence electrons. The molecule has 0 saturated carbocycles. The third-order valence-corrected chi connectivity index (χ3v) is 5.11. The van der Waals surface area contributed by atoms with Gasteiger partial charge in [0.05, 0.1) is 11.9 Å². The minimum Gasteiger partial charge on any atom is -0.454 e. The van der Waals surface area contributed by atoms with Crippen molar-refractivity contribution in [2.75, 3.05) is 12.1 Å². The zero-order chi connectivity index (χ0) is 19.5. The summed E-state index contributed by atoms with van der Waals surface area (Å²) in [5.41, 5.74) is 2.31. The number of aromatic amines is 1. The molecule has 0 radical (unpaired) electrons. The van der Waals surface area contributed by atoms with Crippen molar-refractivity contribution >= 4 is 29.1 Å². The Morgan fingerprint density at radius 1 is 1.18 bits per heavy atom. The Morgan fingerprint density at radius 3 is 2.61 bits per heavy atom. The Labute approximate surface area is 164 Å². The Kier molecular flexibility index (Phi) is 4.98. The van der Waals surface area contributed by atoms with Crippen LogP contribution in [0.15, 0.2) is 47.6 Å². The molecule has 0 atom stereocenters. The van der Waals surface area contributed by atoms with Crippen molar-refractivity contribution in [3.8, 4) is 11.5 Å². The molecule has 1 aliphatic rings. The highest BCUT2D eigenvalue weighted by Gasteiger charge is 2.20. The van der Waals surface area contributed by atoms with Crippen molar-refractivity contribution < 1.29 is 19.1 Å². The molecular weight excluding hydrogens is 380 g/mol. The van der Waals surface area contributed by atoms with E-state index in [1.54, 1.807) is 42.2 Å². The number of nitrogens with zero attached hydrogens (tertiary/aromatic N) is 2. The van der Waals surface area contributed by atoms with Crippen LogP contribution >= 0.6 is 11.8 Å². The maximum absolute atomic E-state index is 12.6. The summed E-state index contributed by atoms with van der Waals surface area (Å²) in [5, 5.41) is 13.9. The normalized spacial score (nSPS) is 12.0. The molecule has 0 aliphatic carbocycles. The molecule has 1 amide bonds. The maximum Gasteiger partial charge on any atom is 0.255 e. The first-order chi connectivity index (χ1) is 13.6. The molecule has 2 heterocycles. The van der Waals surface area contributed by atoms with E-state index < -0.39 is 0 Å². The summed E-state index contributed by atoms with van der Waals surface area (Å²) in [5.74, 6) is 1.23. The van der Waals surface area contributed by atoms with E-state index in [2.05, 4.69) is 20.7 Å². The number of anilines is 1. The fraction of sp³-hybridized carbons (Fsp3) is 0.158. The number of H-pyrrole nitrogens is 1. The van der Waals surface area contributed by atoms with Gasteiger partial charge >= 0.3 is 0 Å². The number of ketones is 1. The summed E-state index contributed by atoms with van der Waals surface area (Å²) in [6.07, 6.45) is 1.66. The summed E-state index contributed by atoms with van der Waals surface area (Å²) in [7, 11) is 0. The minimum atomic E-state index is -0.308. The van der Waals surface area contributed by atoms with E-state index in [1.165, 1.54) is 6.92 Å². The van der Waals surface area contributed by atoms with Crippen molar-refractivity contribution in [3.63, 3.8) is 0 Å². The second-order valence-electron chi connectivity index (χ2n) is 6.06. The van der Waals surface area contributed by atoms with E-state index in [1.807, 2.05) is 12.1 Å². The van der Waals surface area contributed by atoms with Crippen molar-refractivity contribution in [3.05, 3.63) is 59.3 Å². The lowest BCUT2D eigenvalue weighted by Crippen LogP contribution is -2.14. The number of rotatable bonds is 6. The Morgan fingerprint density at radius 2 is 1.93 bits per heavy atom. The average Bonchev–Trinajstić information content (AvgIpc) is 3.37. The summed E-state index contributed by atoms with van der Waals surface area (Å²) < 4.78 is 10.6.